The second-order valence-electron chi connectivity index (χ2n) is 7.08. The van der Waals surface area contributed by atoms with Crippen molar-refractivity contribution in [2.75, 3.05) is 10.6 Å². The first-order valence-corrected chi connectivity index (χ1v) is 9.30. The van der Waals surface area contributed by atoms with Gasteiger partial charge in [0.25, 0.3) is 0 Å². The summed E-state index contributed by atoms with van der Waals surface area (Å²) in [5, 5.41) is 5.88. The molecule has 5 nitrogen and oxygen atoms in total. The third kappa shape index (κ3) is 4.56. The molecule has 0 saturated heterocycles. The fourth-order valence-electron chi connectivity index (χ4n) is 3.78. The van der Waals surface area contributed by atoms with Gasteiger partial charge in [-0.25, -0.2) is 4.98 Å². The molecule has 24 heavy (non-hydrogen) atoms. The molecule has 0 atom stereocenters. The fourth-order valence-corrected chi connectivity index (χ4v) is 3.78. The highest BCUT2D eigenvalue weighted by molar-refractivity contribution is 5.95. The maximum Gasteiger partial charge on any atom is 0.228 e. The lowest BCUT2D eigenvalue weighted by molar-refractivity contribution is -0.121. The molecule has 0 aliphatic heterocycles. The van der Waals surface area contributed by atoms with Crippen molar-refractivity contribution in [2.45, 2.75) is 64.2 Å². The number of amides is 2. The molecule has 0 spiro atoms. The van der Waals surface area contributed by atoms with E-state index >= 15 is 0 Å². The van der Waals surface area contributed by atoms with E-state index in [9.17, 15) is 9.59 Å². The van der Waals surface area contributed by atoms with Crippen molar-refractivity contribution in [3.05, 3.63) is 18.3 Å². The highest BCUT2D eigenvalue weighted by atomic mass is 16.2. The van der Waals surface area contributed by atoms with Gasteiger partial charge in [0, 0.05) is 29.8 Å². The molecule has 3 rings (SSSR count). The summed E-state index contributed by atoms with van der Waals surface area (Å²) in [6, 6.07) is 3.53. The van der Waals surface area contributed by atoms with Crippen molar-refractivity contribution < 1.29 is 9.59 Å². The minimum absolute atomic E-state index is 0.0537. The number of rotatable bonds is 4. The molecule has 0 aromatic carbocycles. The Balaban J connectivity index is 1.57. The van der Waals surface area contributed by atoms with Gasteiger partial charge in [0.1, 0.15) is 5.82 Å². The number of pyridine rings is 1. The van der Waals surface area contributed by atoms with Crippen LogP contribution in [-0.2, 0) is 9.59 Å². The summed E-state index contributed by atoms with van der Waals surface area (Å²) in [5.74, 6) is 0.878. The Morgan fingerprint density at radius 2 is 1.38 bits per heavy atom. The Labute approximate surface area is 143 Å². The zero-order valence-electron chi connectivity index (χ0n) is 14.2. The SMILES string of the molecule is O=C(Nc1ccnc(NC(=O)C2CCCCC2)c1)C1CCCCC1. The van der Waals surface area contributed by atoms with E-state index in [0.717, 1.165) is 51.4 Å². The van der Waals surface area contributed by atoms with Crippen molar-refractivity contribution >= 4 is 23.3 Å². The van der Waals surface area contributed by atoms with Crippen molar-refractivity contribution in [1.82, 2.24) is 4.98 Å². The van der Waals surface area contributed by atoms with E-state index in [1.165, 1.54) is 12.8 Å². The summed E-state index contributed by atoms with van der Waals surface area (Å²) in [6.07, 6.45) is 12.5. The van der Waals surface area contributed by atoms with Crippen LogP contribution in [0.15, 0.2) is 18.3 Å². The van der Waals surface area contributed by atoms with Crippen LogP contribution in [0.25, 0.3) is 0 Å². The number of aromatic nitrogens is 1. The Morgan fingerprint density at radius 3 is 1.96 bits per heavy atom. The van der Waals surface area contributed by atoms with Crippen LogP contribution in [-0.4, -0.2) is 16.8 Å². The maximum atomic E-state index is 12.3. The number of nitrogens with zero attached hydrogens (tertiary/aromatic N) is 1. The molecule has 2 aliphatic carbocycles. The summed E-state index contributed by atoms with van der Waals surface area (Å²) in [4.78, 5) is 28.9. The van der Waals surface area contributed by atoms with Gasteiger partial charge >= 0.3 is 0 Å². The zero-order valence-corrected chi connectivity index (χ0v) is 14.2. The van der Waals surface area contributed by atoms with Gasteiger partial charge in [-0.3, -0.25) is 9.59 Å². The molecule has 2 aliphatic rings. The topological polar surface area (TPSA) is 71.1 Å². The van der Waals surface area contributed by atoms with E-state index in [0.29, 0.717) is 11.5 Å². The number of hydrogen-bond acceptors (Lipinski definition) is 3. The minimum atomic E-state index is 0.0537. The van der Waals surface area contributed by atoms with Gasteiger partial charge in [-0.2, -0.15) is 0 Å². The molecule has 2 N–H and O–H groups in total. The number of anilines is 2. The second-order valence-corrected chi connectivity index (χ2v) is 7.08. The van der Waals surface area contributed by atoms with Crippen LogP contribution in [0.5, 0.6) is 0 Å². The molecule has 1 aromatic rings. The Morgan fingerprint density at radius 1 is 0.833 bits per heavy atom. The number of carbonyl (C=O) groups excluding carboxylic acids is 2. The van der Waals surface area contributed by atoms with Crippen LogP contribution in [0.2, 0.25) is 0 Å². The lowest BCUT2D eigenvalue weighted by atomic mass is 9.88. The highest BCUT2D eigenvalue weighted by Crippen LogP contribution is 2.26. The molecule has 2 amide bonds. The second kappa shape index (κ2) is 8.27. The fraction of sp³-hybridized carbons (Fsp3) is 0.632. The average molecular weight is 329 g/mol. The van der Waals surface area contributed by atoms with Crippen molar-refractivity contribution in [2.24, 2.45) is 11.8 Å². The summed E-state index contributed by atoms with van der Waals surface area (Å²) in [6.45, 7) is 0. The van der Waals surface area contributed by atoms with Gasteiger partial charge < -0.3 is 10.6 Å². The quantitative estimate of drug-likeness (QED) is 0.873. The average Bonchev–Trinajstić information content (AvgIpc) is 2.63. The predicted molar refractivity (Wildman–Crippen MR) is 94.6 cm³/mol. The molecule has 2 saturated carbocycles. The molecule has 0 unspecified atom stereocenters. The van der Waals surface area contributed by atoms with Crippen molar-refractivity contribution in [1.29, 1.82) is 0 Å². The number of carbonyl (C=O) groups is 2. The van der Waals surface area contributed by atoms with Gasteiger partial charge in [0.2, 0.25) is 11.8 Å². The van der Waals surface area contributed by atoms with Crippen LogP contribution in [0.3, 0.4) is 0 Å². The van der Waals surface area contributed by atoms with Gasteiger partial charge in [0.05, 0.1) is 0 Å². The van der Waals surface area contributed by atoms with E-state index in [1.54, 1.807) is 18.3 Å². The summed E-state index contributed by atoms with van der Waals surface area (Å²) < 4.78 is 0. The van der Waals surface area contributed by atoms with Crippen LogP contribution >= 0.6 is 0 Å². The molecular formula is C19H27N3O2. The van der Waals surface area contributed by atoms with Crippen LogP contribution < -0.4 is 10.6 Å². The summed E-state index contributed by atoms with van der Waals surface area (Å²) >= 11 is 0. The number of nitrogens with one attached hydrogen (secondary N) is 2. The van der Waals surface area contributed by atoms with E-state index in [1.807, 2.05) is 0 Å². The molecule has 1 heterocycles. The first-order chi connectivity index (χ1) is 11.7. The first-order valence-electron chi connectivity index (χ1n) is 9.30. The highest BCUT2D eigenvalue weighted by Gasteiger charge is 2.22. The van der Waals surface area contributed by atoms with E-state index in [4.69, 9.17) is 0 Å². The first kappa shape index (κ1) is 16.9. The van der Waals surface area contributed by atoms with Crippen LogP contribution in [0.1, 0.15) is 64.2 Å². The Kier molecular flexibility index (Phi) is 5.83. The molecular weight excluding hydrogens is 302 g/mol. The van der Waals surface area contributed by atoms with Gasteiger partial charge in [-0.05, 0) is 31.7 Å². The van der Waals surface area contributed by atoms with Gasteiger partial charge in [-0.15, -0.1) is 0 Å². The molecule has 0 bridgehead atoms. The largest absolute Gasteiger partial charge is 0.326 e. The number of hydrogen-bond donors (Lipinski definition) is 2. The van der Waals surface area contributed by atoms with Crippen LogP contribution in [0, 0.1) is 11.8 Å². The Hall–Kier alpha value is -1.91. The smallest absolute Gasteiger partial charge is 0.228 e. The van der Waals surface area contributed by atoms with E-state index < -0.39 is 0 Å². The van der Waals surface area contributed by atoms with Crippen molar-refractivity contribution in [3.63, 3.8) is 0 Å². The molecule has 0 radical (unpaired) electrons. The molecule has 1 aromatic heterocycles. The summed E-state index contributed by atoms with van der Waals surface area (Å²) in [7, 11) is 0. The summed E-state index contributed by atoms with van der Waals surface area (Å²) in [5.41, 5.74) is 0.708. The third-order valence-electron chi connectivity index (χ3n) is 5.23. The lowest BCUT2D eigenvalue weighted by Crippen LogP contribution is -2.26. The zero-order chi connectivity index (χ0) is 16.8. The van der Waals surface area contributed by atoms with E-state index in [-0.39, 0.29) is 23.7 Å². The monoisotopic (exact) mass is 329 g/mol. The minimum Gasteiger partial charge on any atom is -0.326 e. The van der Waals surface area contributed by atoms with Crippen molar-refractivity contribution in [3.8, 4) is 0 Å². The maximum absolute atomic E-state index is 12.3. The molecule has 2 fully saturated rings. The van der Waals surface area contributed by atoms with Crippen LogP contribution in [0.4, 0.5) is 11.5 Å². The lowest BCUT2D eigenvalue weighted by Gasteiger charge is -2.21. The Bertz CT molecular complexity index is 528. The van der Waals surface area contributed by atoms with E-state index in [2.05, 4.69) is 15.6 Å². The predicted octanol–water partition coefficient (Wildman–Crippen LogP) is 4.12. The normalized spacial score (nSPS) is 19.7. The third-order valence-corrected chi connectivity index (χ3v) is 5.23. The standard InChI is InChI=1S/C19H27N3O2/c23-18(14-7-3-1-4-8-14)21-16-11-12-20-17(13-16)22-19(24)15-9-5-2-6-10-15/h11-15H,1-10H2,(H2,20,21,22,23,24). The molecule has 5 heteroatoms. The van der Waals surface area contributed by atoms with Gasteiger partial charge in [-0.1, -0.05) is 38.5 Å². The molecule has 130 valence electrons. The van der Waals surface area contributed by atoms with Gasteiger partial charge in [0.15, 0.2) is 0 Å².